The molecule has 0 radical (unpaired) electrons. The van der Waals surface area contributed by atoms with Crippen LogP contribution >= 0.6 is 9.24 Å². The van der Waals surface area contributed by atoms with Gasteiger partial charge in [0.05, 0.1) is 6.61 Å². The van der Waals surface area contributed by atoms with Crippen molar-refractivity contribution < 1.29 is 20.1 Å². The maximum atomic E-state index is 9.82. The molecule has 0 aromatic rings. The van der Waals surface area contributed by atoms with Crippen LogP contribution in [0.1, 0.15) is 0 Å². The van der Waals surface area contributed by atoms with E-state index in [1.807, 2.05) is 0 Å². The number of rotatable bonds is 2. The topological polar surface area (TPSA) is 77.8 Å². The van der Waals surface area contributed by atoms with Crippen LogP contribution in [0.3, 0.4) is 0 Å². The average molecular weight is 162 g/mol. The Labute approximate surface area is 76.8 Å². The van der Waals surface area contributed by atoms with Gasteiger partial charge in [-0.2, -0.15) is 0 Å². The third kappa shape index (κ3) is 4.25. The van der Waals surface area contributed by atoms with Gasteiger partial charge in [0.2, 0.25) is 0 Å². The number of aliphatic hydroxyl groups excluding tert-OH is 1. The summed E-state index contributed by atoms with van der Waals surface area (Å²) < 4.78 is 0. The number of hydrogen-bond acceptors (Lipinski definition) is 3. The summed E-state index contributed by atoms with van der Waals surface area (Å²) in [6.45, 7) is -0.799. The van der Waals surface area contributed by atoms with Crippen LogP contribution in [0.15, 0.2) is 0 Å². The van der Waals surface area contributed by atoms with Gasteiger partial charge < -0.3 is 15.3 Å². The summed E-state index contributed by atoms with van der Waals surface area (Å²) in [7, 11) is 1.61. The molecule has 3 N–H and O–H groups in total. The first-order chi connectivity index (χ1) is 3.50. The van der Waals surface area contributed by atoms with Crippen molar-refractivity contribution in [1.82, 2.24) is 0 Å². The van der Waals surface area contributed by atoms with E-state index in [9.17, 15) is 4.79 Å². The first-order valence-electron chi connectivity index (χ1n) is 1.86. The molecule has 2 atom stereocenters. The number of carbonyl (C=O) groups is 1. The third-order valence-electron chi connectivity index (χ3n) is 0.611. The molecule has 50 valence electrons. The van der Waals surface area contributed by atoms with Gasteiger partial charge >= 0.3 is 35.5 Å². The Hall–Kier alpha value is 0.820. The first kappa shape index (κ1) is 12.5. The molecule has 0 amide bonds. The van der Waals surface area contributed by atoms with Crippen LogP contribution in [-0.4, -0.2) is 62.8 Å². The molecule has 6 heteroatoms. The minimum atomic E-state index is -2.07. The molecule has 0 saturated carbocycles. The van der Waals surface area contributed by atoms with Gasteiger partial charge in [0.25, 0.3) is 0 Å². The monoisotopic (exact) mass is 162 g/mol. The van der Waals surface area contributed by atoms with Crippen LogP contribution in [-0.2, 0) is 4.79 Å². The molecule has 0 spiro atoms. The van der Waals surface area contributed by atoms with Crippen molar-refractivity contribution in [1.29, 1.82) is 0 Å². The van der Waals surface area contributed by atoms with Crippen molar-refractivity contribution in [2.24, 2.45) is 0 Å². The molecule has 0 rings (SSSR count). The van der Waals surface area contributed by atoms with Gasteiger partial charge in [0, 0.05) is 0 Å². The summed E-state index contributed by atoms with van der Waals surface area (Å²) in [5.41, 5.74) is 0. The van der Waals surface area contributed by atoms with Crippen LogP contribution in [0.2, 0.25) is 0 Å². The standard InChI is InChI=1S/C3H7O4P.Na.H/c4-1-3(7,8)2(5)6;;/h4,7H,1,8H2,(H,5,6);;. The van der Waals surface area contributed by atoms with Crippen molar-refractivity contribution in [2.75, 3.05) is 6.61 Å². The van der Waals surface area contributed by atoms with Crippen molar-refractivity contribution in [3.05, 3.63) is 0 Å². The molecule has 0 fully saturated rings. The van der Waals surface area contributed by atoms with E-state index in [-0.39, 0.29) is 29.6 Å². The summed E-state index contributed by atoms with van der Waals surface area (Å²) in [5, 5.41) is 22.6. The molecule has 0 aromatic carbocycles. The van der Waals surface area contributed by atoms with Crippen LogP contribution < -0.4 is 0 Å². The van der Waals surface area contributed by atoms with Gasteiger partial charge in [-0.05, 0) is 0 Å². The summed E-state index contributed by atoms with van der Waals surface area (Å²) in [5.74, 6) is -1.45. The van der Waals surface area contributed by atoms with E-state index in [0.717, 1.165) is 0 Å². The Balaban J connectivity index is 0. The van der Waals surface area contributed by atoms with E-state index in [1.165, 1.54) is 0 Å². The predicted molar refractivity (Wildman–Crippen MR) is 36.5 cm³/mol. The summed E-state index contributed by atoms with van der Waals surface area (Å²) in [6.07, 6.45) is 0. The Kier molecular flexibility index (Phi) is 6.39. The second-order valence-electron chi connectivity index (χ2n) is 1.39. The molecule has 0 bridgehead atoms. The zero-order chi connectivity index (χ0) is 6.78. The van der Waals surface area contributed by atoms with Crippen molar-refractivity contribution >= 4 is 44.8 Å². The second-order valence-corrected chi connectivity index (χ2v) is 2.34. The third-order valence-corrected chi connectivity index (χ3v) is 1.04. The second kappa shape index (κ2) is 4.61. The molecule has 0 aliphatic carbocycles. The SMILES string of the molecule is O=C(O)C(O)(P)CO.[NaH]. The molecular weight excluding hydrogens is 154 g/mol. The Morgan fingerprint density at radius 1 is 1.67 bits per heavy atom. The maximum absolute atomic E-state index is 9.82. The van der Waals surface area contributed by atoms with Gasteiger partial charge in [-0.15, -0.1) is 0 Å². The van der Waals surface area contributed by atoms with E-state index in [2.05, 4.69) is 0 Å². The number of aliphatic carboxylic acids is 1. The number of carboxylic acids is 1. The van der Waals surface area contributed by atoms with E-state index >= 15 is 0 Å². The van der Waals surface area contributed by atoms with E-state index in [4.69, 9.17) is 15.3 Å². The fourth-order valence-electron chi connectivity index (χ4n) is 0.0676. The van der Waals surface area contributed by atoms with Crippen LogP contribution in [0.4, 0.5) is 0 Å². The van der Waals surface area contributed by atoms with Gasteiger partial charge in [0.15, 0.2) is 5.34 Å². The quantitative estimate of drug-likeness (QED) is 0.323. The molecule has 9 heavy (non-hydrogen) atoms. The van der Waals surface area contributed by atoms with Crippen molar-refractivity contribution in [3.8, 4) is 0 Å². The molecule has 4 nitrogen and oxygen atoms in total. The summed E-state index contributed by atoms with van der Waals surface area (Å²) in [6, 6.07) is 0. The Bertz CT molecular complexity index is 104. The number of hydrogen-bond donors (Lipinski definition) is 3. The summed E-state index contributed by atoms with van der Waals surface area (Å²) in [4.78, 5) is 9.82. The normalized spacial score (nSPS) is 15.4. The van der Waals surface area contributed by atoms with E-state index < -0.39 is 17.9 Å². The van der Waals surface area contributed by atoms with E-state index in [1.54, 1.807) is 9.24 Å². The molecular formula is C3H8NaO4P. The van der Waals surface area contributed by atoms with Gasteiger partial charge in [-0.3, -0.25) is 0 Å². The molecule has 2 unspecified atom stereocenters. The molecule has 0 aromatic heterocycles. The molecule has 0 aliphatic rings. The fourth-order valence-corrected chi connectivity index (χ4v) is 0.0676. The predicted octanol–water partition coefficient (Wildman–Crippen LogP) is -2.02. The minimum absolute atomic E-state index is 0. The first-order valence-corrected chi connectivity index (χ1v) is 2.44. The van der Waals surface area contributed by atoms with Crippen LogP contribution in [0.25, 0.3) is 0 Å². The van der Waals surface area contributed by atoms with E-state index in [0.29, 0.717) is 0 Å². The molecule has 0 heterocycles. The molecule has 0 saturated heterocycles. The number of aliphatic hydroxyl groups is 2. The molecule has 0 aliphatic heterocycles. The average Bonchev–Trinajstić information content (AvgIpc) is 1.67. The van der Waals surface area contributed by atoms with Gasteiger partial charge in [-0.25, -0.2) is 4.79 Å². The Morgan fingerprint density at radius 3 is 2.00 bits per heavy atom. The summed E-state index contributed by atoms with van der Waals surface area (Å²) >= 11 is 0. The Morgan fingerprint density at radius 2 is 2.00 bits per heavy atom. The zero-order valence-electron chi connectivity index (χ0n) is 4.03. The van der Waals surface area contributed by atoms with Gasteiger partial charge in [-0.1, -0.05) is 9.24 Å². The van der Waals surface area contributed by atoms with Crippen molar-refractivity contribution in [2.45, 2.75) is 5.34 Å². The van der Waals surface area contributed by atoms with Gasteiger partial charge in [0.1, 0.15) is 0 Å². The fraction of sp³-hybridized carbons (Fsp3) is 0.667. The zero-order valence-corrected chi connectivity index (χ0v) is 5.19. The van der Waals surface area contributed by atoms with Crippen molar-refractivity contribution in [3.63, 3.8) is 0 Å². The van der Waals surface area contributed by atoms with Crippen LogP contribution in [0.5, 0.6) is 0 Å². The number of carboxylic acid groups (broad SMARTS) is 1. The van der Waals surface area contributed by atoms with Crippen LogP contribution in [0, 0.1) is 0 Å².